The number of hydrogen-bond donors (Lipinski definition) is 1. The maximum atomic E-state index is 12.6. The lowest BCUT2D eigenvalue weighted by Crippen LogP contribution is -2.24. The summed E-state index contributed by atoms with van der Waals surface area (Å²) in [5.74, 6) is 0.635. The number of carbonyl (C=O) groups is 1. The number of benzene rings is 2. The van der Waals surface area contributed by atoms with Crippen LogP contribution < -0.4 is 10.1 Å². The van der Waals surface area contributed by atoms with Crippen molar-refractivity contribution in [2.75, 3.05) is 7.11 Å². The third kappa shape index (κ3) is 2.63. The fourth-order valence-electron chi connectivity index (χ4n) is 3.11. The normalized spacial score (nSPS) is 11.1. The van der Waals surface area contributed by atoms with E-state index in [1.807, 2.05) is 60.1 Å². The number of hydrogen-bond acceptors (Lipinski definition) is 3. The summed E-state index contributed by atoms with van der Waals surface area (Å²) < 4.78 is 12.9. The highest BCUT2D eigenvalue weighted by molar-refractivity contribution is 6.07. The molecule has 1 amide bonds. The maximum absolute atomic E-state index is 12.6. The van der Waals surface area contributed by atoms with Crippen LogP contribution in [0.15, 0.2) is 59.0 Å². The number of amides is 1. The van der Waals surface area contributed by atoms with Gasteiger partial charge in [-0.1, -0.05) is 24.3 Å². The molecule has 126 valence electrons. The molecule has 2 aromatic heterocycles. The summed E-state index contributed by atoms with van der Waals surface area (Å²) >= 11 is 0. The van der Waals surface area contributed by atoms with Crippen LogP contribution in [0.1, 0.15) is 16.1 Å². The molecule has 25 heavy (non-hydrogen) atoms. The van der Waals surface area contributed by atoms with Gasteiger partial charge in [0.15, 0.2) is 5.58 Å². The Morgan fingerprint density at radius 3 is 2.80 bits per heavy atom. The lowest BCUT2D eigenvalue weighted by Gasteiger charge is -2.08. The fraction of sp³-hybridized carbons (Fsp3) is 0.150. The molecule has 0 fully saturated rings. The molecule has 5 nitrogen and oxygen atoms in total. The Hall–Kier alpha value is -3.21. The summed E-state index contributed by atoms with van der Waals surface area (Å²) in [7, 11) is 3.51. The summed E-state index contributed by atoms with van der Waals surface area (Å²) in [6.45, 7) is 0.434. The molecule has 0 aliphatic heterocycles. The molecule has 4 aromatic rings. The number of rotatable bonds is 4. The van der Waals surface area contributed by atoms with Gasteiger partial charge in [-0.15, -0.1) is 0 Å². The molecule has 0 atom stereocenters. The van der Waals surface area contributed by atoms with E-state index < -0.39 is 0 Å². The number of nitrogens with one attached hydrogen (secondary N) is 1. The predicted molar refractivity (Wildman–Crippen MR) is 96.9 cm³/mol. The lowest BCUT2D eigenvalue weighted by molar-refractivity contribution is 0.0943. The van der Waals surface area contributed by atoms with Crippen molar-refractivity contribution < 1.29 is 13.9 Å². The zero-order valence-electron chi connectivity index (χ0n) is 14.1. The van der Waals surface area contributed by atoms with Crippen LogP contribution in [0.25, 0.3) is 22.1 Å². The summed E-state index contributed by atoms with van der Waals surface area (Å²) in [6.07, 6.45) is 0. The van der Waals surface area contributed by atoms with Crippen molar-refractivity contribution in [2.24, 2.45) is 7.05 Å². The Morgan fingerprint density at radius 1 is 1.12 bits per heavy atom. The Balaban J connectivity index is 1.60. The van der Waals surface area contributed by atoms with Gasteiger partial charge in [-0.05, 0) is 29.8 Å². The SMILES string of the molecule is COc1cccc(CNC(=O)c2cc3oc4ccccc4c3n2C)c1. The second-order valence-corrected chi connectivity index (χ2v) is 5.93. The second kappa shape index (κ2) is 6.02. The van der Waals surface area contributed by atoms with E-state index in [4.69, 9.17) is 9.15 Å². The number of ether oxygens (including phenoxy) is 1. The van der Waals surface area contributed by atoms with Crippen molar-refractivity contribution >= 4 is 28.0 Å². The van der Waals surface area contributed by atoms with Crippen LogP contribution in [-0.2, 0) is 13.6 Å². The first kappa shape index (κ1) is 15.3. The average molecular weight is 334 g/mol. The Morgan fingerprint density at radius 2 is 1.96 bits per heavy atom. The fourth-order valence-corrected chi connectivity index (χ4v) is 3.11. The van der Waals surface area contributed by atoms with Gasteiger partial charge in [-0.25, -0.2) is 0 Å². The van der Waals surface area contributed by atoms with E-state index in [-0.39, 0.29) is 5.91 Å². The van der Waals surface area contributed by atoms with Crippen LogP contribution in [-0.4, -0.2) is 17.6 Å². The minimum absolute atomic E-state index is 0.138. The number of methoxy groups -OCH3 is 1. The van der Waals surface area contributed by atoms with E-state index in [2.05, 4.69) is 5.32 Å². The molecule has 0 saturated carbocycles. The summed E-state index contributed by atoms with van der Waals surface area (Å²) in [6, 6.07) is 17.3. The maximum Gasteiger partial charge on any atom is 0.268 e. The summed E-state index contributed by atoms with van der Waals surface area (Å²) in [4.78, 5) is 12.6. The van der Waals surface area contributed by atoms with Crippen molar-refractivity contribution in [3.63, 3.8) is 0 Å². The predicted octanol–water partition coefficient (Wildman–Crippen LogP) is 3.86. The van der Waals surface area contributed by atoms with Crippen molar-refractivity contribution in [1.29, 1.82) is 0 Å². The van der Waals surface area contributed by atoms with Crippen molar-refractivity contribution in [1.82, 2.24) is 9.88 Å². The topological polar surface area (TPSA) is 56.4 Å². The summed E-state index contributed by atoms with van der Waals surface area (Å²) in [5.41, 5.74) is 4.03. The van der Waals surface area contributed by atoms with Crippen LogP contribution >= 0.6 is 0 Å². The highest BCUT2D eigenvalue weighted by atomic mass is 16.5. The van der Waals surface area contributed by atoms with Gasteiger partial charge in [-0.2, -0.15) is 0 Å². The molecule has 0 unspecified atom stereocenters. The number of aryl methyl sites for hydroxylation is 1. The first-order chi connectivity index (χ1) is 12.2. The smallest absolute Gasteiger partial charge is 0.268 e. The Labute approximate surface area is 144 Å². The highest BCUT2D eigenvalue weighted by Crippen LogP contribution is 2.30. The van der Waals surface area contributed by atoms with E-state index in [9.17, 15) is 4.79 Å². The molecule has 0 aliphatic rings. The third-order valence-electron chi connectivity index (χ3n) is 4.38. The van der Waals surface area contributed by atoms with Crippen molar-refractivity contribution in [3.8, 4) is 5.75 Å². The van der Waals surface area contributed by atoms with Crippen LogP contribution in [0, 0.1) is 0 Å². The molecule has 0 bridgehead atoms. The van der Waals surface area contributed by atoms with E-state index >= 15 is 0 Å². The van der Waals surface area contributed by atoms with Gasteiger partial charge in [0.1, 0.15) is 17.0 Å². The van der Waals surface area contributed by atoms with Crippen LogP contribution in [0.2, 0.25) is 0 Å². The summed E-state index contributed by atoms with van der Waals surface area (Å²) in [5, 5.41) is 3.96. The molecule has 0 spiro atoms. The largest absolute Gasteiger partial charge is 0.497 e. The van der Waals surface area contributed by atoms with E-state index in [1.165, 1.54) is 0 Å². The van der Waals surface area contributed by atoms with Gasteiger partial charge < -0.3 is 19.0 Å². The van der Waals surface area contributed by atoms with E-state index in [1.54, 1.807) is 13.2 Å². The van der Waals surface area contributed by atoms with Gasteiger partial charge in [0.2, 0.25) is 0 Å². The number of nitrogens with zero attached hydrogens (tertiary/aromatic N) is 1. The standard InChI is InChI=1S/C20H18N2O3/c1-22-16(11-18-19(22)15-8-3-4-9-17(15)25-18)20(23)21-12-13-6-5-7-14(10-13)24-2/h3-11H,12H2,1-2H3,(H,21,23). The quantitative estimate of drug-likeness (QED) is 0.616. The minimum atomic E-state index is -0.138. The second-order valence-electron chi connectivity index (χ2n) is 5.93. The number of carbonyl (C=O) groups excluding carboxylic acids is 1. The monoisotopic (exact) mass is 334 g/mol. The zero-order chi connectivity index (χ0) is 17.4. The van der Waals surface area contributed by atoms with Crippen LogP contribution in [0.3, 0.4) is 0 Å². The number of aromatic nitrogens is 1. The molecule has 5 heteroatoms. The minimum Gasteiger partial charge on any atom is -0.497 e. The molecule has 0 aliphatic carbocycles. The molecule has 2 aromatic carbocycles. The highest BCUT2D eigenvalue weighted by Gasteiger charge is 2.18. The number of furan rings is 1. The average Bonchev–Trinajstić information content (AvgIpc) is 3.16. The van der Waals surface area contributed by atoms with Gasteiger partial charge in [0.25, 0.3) is 5.91 Å². The Kier molecular flexibility index (Phi) is 3.69. The first-order valence-corrected chi connectivity index (χ1v) is 8.05. The van der Waals surface area contributed by atoms with E-state index in [0.717, 1.165) is 33.4 Å². The van der Waals surface area contributed by atoms with Gasteiger partial charge >= 0.3 is 0 Å². The molecule has 0 saturated heterocycles. The first-order valence-electron chi connectivity index (χ1n) is 8.05. The van der Waals surface area contributed by atoms with Crippen LogP contribution in [0.5, 0.6) is 5.75 Å². The third-order valence-corrected chi connectivity index (χ3v) is 4.38. The van der Waals surface area contributed by atoms with Crippen LogP contribution in [0.4, 0.5) is 0 Å². The molecular formula is C20H18N2O3. The van der Waals surface area contributed by atoms with Crippen molar-refractivity contribution in [2.45, 2.75) is 6.54 Å². The molecule has 0 radical (unpaired) electrons. The lowest BCUT2D eigenvalue weighted by atomic mass is 10.2. The Bertz CT molecular complexity index is 1080. The number of para-hydroxylation sites is 1. The molecule has 2 heterocycles. The van der Waals surface area contributed by atoms with Gasteiger partial charge in [0, 0.05) is 25.0 Å². The molecular weight excluding hydrogens is 316 g/mol. The zero-order valence-corrected chi connectivity index (χ0v) is 14.1. The van der Waals surface area contributed by atoms with Crippen molar-refractivity contribution in [3.05, 3.63) is 65.9 Å². The van der Waals surface area contributed by atoms with Gasteiger partial charge in [0.05, 0.1) is 12.6 Å². The molecule has 1 N–H and O–H groups in total. The number of fused-ring (bicyclic) bond motifs is 3. The van der Waals surface area contributed by atoms with E-state index in [0.29, 0.717) is 12.2 Å². The van der Waals surface area contributed by atoms with Gasteiger partial charge in [-0.3, -0.25) is 4.79 Å². The molecule has 4 rings (SSSR count).